The van der Waals surface area contributed by atoms with Gasteiger partial charge in [0, 0.05) is 30.0 Å². The topological polar surface area (TPSA) is 68.0 Å². The van der Waals surface area contributed by atoms with Crippen LogP contribution in [-0.4, -0.2) is 22.6 Å². The van der Waals surface area contributed by atoms with E-state index < -0.39 is 0 Å². The van der Waals surface area contributed by atoms with E-state index in [-0.39, 0.29) is 5.91 Å². The standard InChI is InChI=1S/C19H22ClN3O2/c20-16-8-6-15(7-9-16)19-22-18(25-23-19)11-10-17(24)21-13-12-14-4-2-1-3-5-14/h4,6-9H,1-3,5,10-13H2,(H,21,24). The molecule has 1 aromatic heterocycles. The quantitative estimate of drug-likeness (QED) is 0.747. The average Bonchev–Trinajstić information content (AvgIpc) is 3.10. The third-order valence-corrected chi connectivity index (χ3v) is 4.54. The first-order chi connectivity index (χ1) is 12.2. The number of rotatable bonds is 7. The fraction of sp³-hybridized carbons (Fsp3) is 0.421. The summed E-state index contributed by atoms with van der Waals surface area (Å²) in [5, 5.41) is 7.57. The van der Waals surface area contributed by atoms with Crippen LogP contribution >= 0.6 is 11.6 Å². The lowest BCUT2D eigenvalue weighted by atomic mass is 9.97. The predicted molar refractivity (Wildman–Crippen MR) is 97.2 cm³/mol. The highest BCUT2D eigenvalue weighted by Crippen LogP contribution is 2.20. The number of nitrogens with one attached hydrogen (secondary N) is 1. The van der Waals surface area contributed by atoms with Gasteiger partial charge in [-0.25, -0.2) is 0 Å². The van der Waals surface area contributed by atoms with Crippen LogP contribution in [0.25, 0.3) is 11.4 Å². The molecule has 1 aliphatic rings. The zero-order chi connectivity index (χ0) is 17.5. The van der Waals surface area contributed by atoms with Gasteiger partial charge in [0.15, 0.2) is 0 Å². The smallest absolute Gasteiger partial charge is 0.227 e. The molecular formula is C19H22ClN3O2. The molecule has 0 radical (unpaired) electrons. The monoisotopic (exact) mass is 359 g/mol. The molecule has 1 amide bonds. The van der Waals surface area contributed by atoms with Gasteiger partial charge in [-0.15, -0.1) is 0 Å². The van der Waals surface area contributed by atoms with E-state index in [1.54, 1.807) is 12.1 Å². The summed E-state index contributed by atoms with van der Waals surface area (Å²) in [5.74, 6) is 0.994. The minimum Gasteiger partial charge on any atom is -0.356 e. The van der Waals surface area contributed by atoms with Gasteiger partial charge in [-0.1, -0.05) is 28.4 Å². The molecule has 5 nitrogen and oxygen atoms in total. The van der Waals surface area contributed by atoms with E-state index in [0.717, 1.165) is 12.0 Å². The number of benzene rings is 1. The largest absolute Gasteiger partial charge is 0.356 e. The van der Waals surface area contributed by atoms with Crippen LogP contribution in [0.1, 0.15) is 44.4 Å². The molecular weight excluding hydrogens is 338 g/mol. The number of nitrogens with zero attached hydrogens (tertiary/aromatic N) is 2. The van der Waals surface area contributed by atoms with Gasteiger partial charge in [-0.05, 0) is 56.4 Å². The van der Waals surface area contributed by atoms with Gasteiger partial charge >= 0.3 is 0 Å². The summed E-state index contributed by atoms with van der Waals surface area (Å²) in [5.41, 5.74) is 2.31. The van der Waals surface area contributed by atoms with Crippen LogP contribution in [0.5, 0.6) is 0 Å². The lowest BCUT2D eigenvalue weighted by Crippen LogP contribution is -2.25. The van der Waals surface area contributed by atoms with Crippen LogP contribution in [0.4, 0.5) is 0 Å². The van der Waals surface area contributed by atoms with E-state index >= 15 is 0 Å². The van der Waals surface area contributed by atoms with Crippen molar-refractivity contribution in [3.8, 4) is 11.4 Å². The fourth-order valence-electron chi connectivity index (χ4n) is 2.88. The Balaban J connectivity index is 1.41. The maximum Gasteiger partial charge on any atom is 0.227 e. The predicted octanol–water partition coefficient (Wildman–Crippen LogP) is 4.33. The van der Waals surface area contributed by atoms with Crippen LogP contribution in [-0.2, 0) is 11.2 Å². The molecule has 1 aliphatic carbocycles. The molecule has 6 heteroatoms. The Bertz CT molecular complexity index is 737. The Morgan fingerprint density at radius 3 is 2.80 bits per heavy atom. The minimum absolute atomic E-state index is 0.0163. The van der Waals surface area contributed by atoms with Crippen molar-refractivity contribution < 1.29 is 9.32 Å². The van der Waals surface area contributed by atoms with Gasteiger partial charge in [-0.2, -0.15) is 4.98 Å². The van der Waals surface area contributed by atoms with Gasteiger partial charge in [0.2, 0.25) is 17.6 Å². The lowest BCUT2D eigenvalue weighted by Gasteiger charge is -2.12. The zero-order valence-electron chi connectivity index (χ0n) is 14.1. The van der Waals surface area contributed by atoms with Crippen LogP contribution < -0.4 is 5.32 Å². The first kappa shape index (κ1) is 17.7. The summed E-state index contributed by atoms with van der Waals surface area (Å²) in [7, 11) is 0. The number of aryl methyl sites for hydroxylation is 1. The molecule has 0 unspecified atom stereocenters. The summed E-state index contributed by atoms with van der Waals surface area (Å²) >= 11 is 5.87. The second-order valence-electron chi connectivity index (χ2n) is 6.23. The average molecular weight is 360 g/mol. The van der Waals surface area contributed by atoms with Crippen molar-refractivity contribution >= 4 is 17.5 Å². The Hall–Kier alpha value is -2.14. The molecule has 25 heavy (non-hydrogen) atoms. The van der Waals surface area contributed by atoms with Crippen molar-refractivity contribution in [1.29, 1.82) is 0 Å². The molecule has 0 bridgehead atoms. The van der Waals surface area contributed by atoms with E-state index in [0.29, 0.717) is 36.1 Å². The molecule has 2 aromatic rings. The molecule has 0 aliphatic heterocycles. The van der Waals surface area contributed by atoms with Gasteiger partial charge in [-0.3, -0.25) is 4.79 Å². The highest BCUT2D eigenvalue weighted by molar-refractivity contribution is 6.30. The number of hydrogen-bond donors (Lipinski definition) is 1. The third kappa shape index (κ3) is 5.43. The minimum atomic E-state index is 0.0163. The number of halogens is 1. The molecule has 1 heterocycles. The van der Waals surface area contributed by atoms with Crippen molar-refractivity contribution in [2.75, 3.05) is 6.54 Å². The molecule has 132 valence electrons. The normalized spacial score (nSPS) is 14.2. The molecule has 0 saturated heterocycles. The Labute approximate surface area is 152 Å². The zero-order valence-corrected chi connectivity index (χ0v) is 14.9. The first-order valence-electron chi connectivity index (χ1n) is 8.74. The van der Waals surface area contributed by atoms with Crippen molar-refractivity contribution in [3.05, 3.63) is 46.8 Å². The van der Waals surface area contributed by atoms with Crippen molar-refractivity contribution in [3.63, 3.8) is 0 Å². The molecule has 0 spiro atoms. The molecule has 3 rings (SSSR count). The van der Waals surface area contributed by atoms with Crippen LogP contribution in [0.15, 0.2) is 40.4 Å². The summed E-state index contributed by atoms with van der Waals surface area (Å²) in [6, 6.07) is 7.23. The lowest BCUT2D eigenvalue weighted by molar-refractivity contribution is -0.121. The van der Waals surface area contributed by atoms with Crippen molar-refractivity contribution in [1.82, 2.24) is 15.5 Å². The number of carbonyl (C=O) groups excluding carboxylic acids is 1. The summed E-state index contributed by atoms with van der Waals surface area (Å²) in [4.78, 5) is 16.3. The Morgan fingerprint density at radius 1 is 1.20 bits per heavy atom. The van der Waals surface area contributed by atoms with Crippen molar-refractivity contribution in [2.24, 2.45) is 0 Å². The maximum absolute atomic E-state index is 11.9. The number of aromatic nitrogens is 2. The van der Waals surface area contributed by atoms with Gasteiger partial charge < -0.3 is 9.84 Å². The number of amides is 1. The van der Waals surface area contributed by atoms with Crippen LogP contribution in [0, 0.1) is 0 Å². The number of carbonyl (C=O) groups is 1. The van der Waals surface area contributed by atoms with Crippen LogP contribution in [0.3, 0.4) is 0 Å². The fourth-order valence-corrected chi connectivity index (χ4v) is 3.00. The van der Waals surface area contributed by atoms with Crippen LogP contribution in [0.2, 0.25) is 5.02 Å². The highest BCUT2D eigenvalue weighted by atomic mass is 35.5. The van der Waals surface area contributed by atoms with E-state index in [1.807, 2.05) is 12.1 Å². The van der Waals surface area contributed by atoms with Gasteiger partial charge in [0.05, 0.1) is 0 Å². The van der Waals surface area contributed by atoms with E-state index in [4.69, 9.17) is 16.1 Å². The molecule has 0 fully saturated rings. The van der Waals surface area contributed by atoms with E-state index in [1.165, 1.54) is 31.3 Å². The summed E-state index contributed by atoms with van der Waals surface area (Å²) in [6.07, 6.45) is 8.96. The van der Waals surface area contributed by atoms with Gasteiger partial charge in [0.25, 0.3) is 0 Å². The second kappa shape index (κ2) is 8.81. The molecule has 1 aromatic carbocycles. The molecule has 0 atom stereocenters. The summed E-state index contributed by atoms with van der Waals surface area (Å²) < 4.78 is 5.22. The Morgan fingerprint density at radius 2 is 2.04 bits per heavy atom. The Kier molecular flexibility index (Phi) is 6.23. The SMILES string of the molecule is O=C(CCc1nc(-c2ccc(Cl)cc2)no1)NCCC1=CCCCC1. The second-order valence-corrected chi connectivity index (χ2v) is 6.66. The molecule has 1 N–H and O–H groups in total. The summed E-state index contributed by atoms with van der Waals surface area (Å²) in [6.45, 7) is 0.699. The maximum atomic E-state index is 11.9. The van der Waals surface area contributed by atoms with E-state index in [9.17, 15) is 4.79 Å². The highest BCUT2D eigenvalue weighted by Gasteiger charge is 2.11. The number of allylic oxidation sites excluding steroid dienone is 1. The van der Waals surface area contributed by atoms with E-state index in [2.05, 4.69) is 21.5 Å². The van der Waals surface area contributed by atoms with Crippen molar-refractivity contribution in [2.45, 2.75) is 44.9 Å². The third-order valence-electron chi connectivity index (χ3n) is 4.29. The number of hydrogen-bond acceptors (Lipinski definition) is 4. The van der Waals surface area contributed by atoms with Gasteiger partial charge in [0.1, 0.15) is 0 Å². The first-order valence-corrected chi connectivity index (χ1v) is 9.11. The molecule has 0 saturated carbocycles.